The molecular weight excluding hydrogens is 304 g/mol. The van der Waals surface area contributed by atoms with E-state index in [0.29, 0.717) is 19.4 Å². The number of nitrogens with zero attached hydrogens (tertiary/aromatic N) is 4. The summed E-state index contributed by atoms with van der Waals surface area (Å²) in [5.74, 6) is 0.880. The van der Waals surface area contributed by atoms with E-state index in [1.165, 1.54) is 0 Å². The summed E-state index contributed by atoms with van der Waals surface area (Å²) in [4.78, 5) is 21.2. The van der Waals surface area contributed by atoms with Crippen molar-refractivity contribution in [3.63, 3.8) is 0 Å². The molecule has 0 spiro atoms. The molecule has 1 amide bonds. The van der Waals surface area contributed by atoms with Gasteiger partial charge in [0.05, 0.1) is 18.3 Å². The first-order valence-corrected chi connectivity index (χ1v) is 8.43. The van der Waals surface area contributed by atoms with Crippen LogP contribution in [0.1, 0.15) is 48.2 Å². The predicted octanol–water partition coefficient (Wildman–Crippen LogP) is 1.19. The molecule has 1 atom stereocenters. The van der Waals surface area contributed by atoms with Crippen LogP contribution in [-0.2, 0) is 24.8 Å². The molecule has 2 N–H and O–H groups in total. The van der Waals surface area contributed by atoms with Gasteiger partial charge in [-0.25, -0.2) is 9.97 Å². The van der Waals surface area contributed by atoms with Crippen LogP contribution in [0.2, 0.25) is 0 Å². The Morgan fingerprint density at radius 2 is 2.33 bits per heavy atom. The molecule has 0 aliphatic carbocycles. The number of rotatable bonds is 6. The third kappa shape index (κ3) is 4.17. The van der Waals surface area contributed by atoms with Crippen molar-refractivity contribution in [2.75, 3.05) is 6.54 Å². The fourth-order valence-electron chi connectivity index (χ4n) is 2.94. The highest BCUT2D eigenvalue weighted by Gasteiger charge is 2.19. The molecule has 7 heteroatoms. The summed E-state index contributed by atoms with van der Waals surface area (Å²) < 4.78 is 1.76. The highest BCUT2D eigenvalue weighted by Crippen LogP contribution is 2.20. The fourth-order valence-corrected chi connectivity index (χ4v) is 2.94. The maximum Gasteiger partial charge on any atom is 0.220 e. The molecule has 2 aromatic heterocycles. The lowest BCUT2D eigenvalue weighted by Gasteiger charge is -2.11. The summed E-state index contributed by atoms with van der Waals surface area (Å²) in [7, 11) is 1.86. The van der Waals surface area contributed by atoms with E-state index in [-0.39, 0.29) is 11.9 Å². The normalized spacial score (nSPS) is 17.2. The van der Waals surface area contributed by atoms with Crippen molar-refractivity contribution in [1.82, 2.24) is 30.4 Å². The molecule has 1 fully saturated rings. The monoisotopic (exact) mass is 328 g/mol. The number of aromatic nitrogens is 4. The zero-order valence-corrected chi connectivity index (χ0v) is 14.2. The van der Waals surface area contributed by atoms with Gasteiger partial charge in [0.1, 0.15) is 5.82 Å². The lowest BCUT2D eigenvalue weighted by Crippen LogP contribution is -2.24. The van der Waals surface area contributed by atoms with Crippen LogP contribution in [0.5, 0.6) is 0 Å². The Hall–Kier alpha value is -2.28. The Balaban J connectivity index is 1.54. The van der Waals surface area contributed by atoms with Gasteiger partial charge in [0.25, 0.3) is 0 Å². The first kappa shape index (κ1) is 16.6. The maximum atomic E-state index is 12.1. The van der Waals surface area contributed by atoms with E-state index in [1.807, 2.05) is 26.1 Å². The molecule has 0 bridgehead atoms. The van der Waals surface area contributed by atoms with Crippen molar-refractivity contribution in [1.29, 1.82) is 0 Å². The van der Waals surface area contributed by atoms with Crippen LogP contribution in [0.4, 0.5) is 0 Å². The second-order valence-electron chi connectivity index (χ2n) is 6.23. The van der Waals surface area contributed by atoms with Crippen molar-refractivity contribution >= 4 is 5.91 Å². The first-order valence-electron chi connectivity index (χ1n) is 8.43. The highest BCUT2D eigenvalue weighted by atomic mass is 16.1. The first-order chi connectivity index (χ1) is 11.6. The molecule has 0 aromatic carbocycles. The minimum Gasteiger partial charge on any atom is -0.350 e. The van der Waals surface area contributed by atoms with Gasteiger partial charge < -0.3 is 10.6 Å². The van der Waals surface area contributed by atoms with Crippen molar-refractivity contribution in [2.24, 2.45) is 7.05 Å². The van der Waals surface area contributed by atoms with Crippen LogP contribution in [0.3, 0.4) is 0 Å². The molecule has 0 radical (unpaired) electrons. The minimum atomic E-state index is 0.0213. The summed E-state index contributed by atoms with van der Waals surface area (Å²) in [5.41, 5.74) is 2.87. The summed E-state index contributed by atoms with van der Waals surface area (Å²) >= 11 is 0. The summed E-state index contributed by atoms with van der Waals surface area (Å²) in [6.45, 7) is 3.50. The van der Waals surface area contributed by atoms with Crippen molar-refractivity contribution in [2.45, 2.75) is 45.2 Å². The molecule has 7 nitrogen and oxygen atoms in total. The van der Waals surface area contributed by atoms with Gasteiger partial charge in [0.15, 0.2) is 0 Å². The average molecular weight is 328 g/mol. The number of hydrogen-bond acceptors (Lipinski definition) is 5. The Labute approximate surface area is 141 Å². The van der Waals surface area contributed by atoms with E-state index in [9.17, 15) is 4.79 Å². The summed E-state index contributed by atoms with van der Waals surface area (Å²) in [6, 6.07) is 4.12. The molecular formula is C17H24N6O. The van der Waals surface area contributed by atoms with Crippen LogP contribution in [0.15, 0.2) is 18.3 Å². The molecule has 1 aliphatic heterocycles. The van der Waals surface area contributed by atoms with Crippen LogP contribution in [-0.4, -0.2) is 32.2 Å². The number of amides is 1. The number of aryl methyl sites for hydroxylation is 3. The van der Waals surface area contributed by atoms with E-state index in [1.54, 1.807) is 10.9 Å². The third-order valence-electron chi connectivity index (χ3n) is 4.29. The largest absolute Gasteiger partial charge is 0.350 e. The van der Waals surface area contributed by atoms with Gasteiger partial charge in [-0.3, -0.25) is 9.48 Å². The molecule has 1 aliphatic rings. The van der Waals surface area contributed by atoms with E-state index in [2.05, 4.69) is 25.7 Å². The number of hydrogen-bond donors (Lipinski definition) is 2. The van der Waals surface area contributed by atoms with Crippen LogP contribution in [0.25, 0.3) is 0 Å². The van der Waals surface area contributed by atoms with Gasteiger partial charge in [-0.15, -0.1) is 0 Å². The zero-order chi connectivity index (χ0) is 16.9. The number of carbonyl (C=O) groups is 1. The topological polar surface area (TPSA) is 84.7 Å². The Morgan fingerprint density at radius 3 is 3.04 bits per heavy atom. The second-order valence-corrected chi connectivity index (χ2v) is 6.23. The van der Waals surface area contributed by atoms with Gasteiger partial charge in [-0.2, -0.15) is 5.10 Å². The average Bonchev–Trinajstić information content (AvgIpc) is 3.22. The Bertz CT molecular complexity index is 705. The molecule has 3 heterocycles. The van der Waals surface area contributed by atoms with Gasteiger partial charge in [-0.1, -0.05) is 0 Å². The number of carbonyl (C=O) groups excluding carboxylic acids is 1. The maximum absolute atomic E-state index is 12.1. The van der Waals surface area contributed by atoms with E-state index in [0.717, 1.165) is 42.3 Å². The van der Waals surface area contributed by atoms with Crippen LogP contribution >= 0.6 is 0 Å². The van der Waals surface area contributed by atoms with Gasteiger partial charge in [0, 0.05) is 31.1 Å². The Kier molecular flexibility index (Phi) is 5.20. The smallest absolute Gasteiger partial charge is 0.220 e. The van der Waals surface area contributed by atoms with Gasteiger partial charge in [0.2, 0.25) is 5.91 Å². The standard InChI is InChI=1S/C17H24N6O/c1-12-10-13(22-17(21-12)15-4-3-8-18-15)5-6-16(24)19-11-14-7-9-20-23(14)2/h7,9-10,15,18H,3-6,8,11H2,1-2H3,(H,19,24)/t15-/m0/s1. The summed E-state index contributed by atoms with van der Waals surface area (Å²) in [5, 5.41) is 10.4. The number of nitrogens with one attached hydrogen (secondary N) is 2. The fraction of sp³-hybridized carbons (Fsp3) is 0.529. The van der Waals surface area contributed by atoms with Crippen LogP contribution < -0.4 is 10.6 Å². The molecule has 2 aromatic rings. The SMILES string of the molecule is Cc1cc(CCC(=O)NCc2ccnn2C)nc([C@@H]2CCCN2)n1. The highest BCUT2D eigenvalue weighted by molar-refractivity contribution is 5.76. The van der Waals surface area contributed by atoms with Crippen molar-refractivity contribution in [3.05, 3.63) is 41.2 Å². The molecule has 3 rings (SSSR count). The van der Waals surface area contributed by atoms with E-state index >= 15 is 0 Å². The molecule has 0 unspecified atom stereocenters. The molecule has 128 valence electrons. The minimum absolute atomic E-state index is 0.0213. The predicted molar refractivity (Wildman–Crippen MR) is 90.1 cm³/mol. The molecule has 0 saturated carbocycles. The summed E-state index contributed by atoms with van der Waals surface area (Å²) in [6.07, 6.45) is 5.01. The van der Waals surface area contributed by atoms with Crippen molar-refractivity contribution < 1.29 is 4.79 Å². The third-order valence-corrected chi connectivity index (χ3v) is 4.29. The van der Waals surface area contributed by atoms with Crippen LogP contribution in [0, 0.1) is 6.92 Å². The molecule has 1 saturated heterocycles. The lowest BCUT2D eigenvalue weighted by atomic mass is 10.1. The van der Waals surface area contributed by atoms with Crippen molar-refractivity contribution in [3.8, 4) is 0 Å². The second kappa shape index (κ2) is 7.53. The van der Waals surface area contributed by atoms with E-state index in [4.69, 9.17) is 0 Å². The molecule has 24 heavy (non-hydrogen) atoms. The van der Waals surface area contributed by atoms with Gasteiger partial charge >= 0.3 is 0 Å². The Morgan fingerprint density at radius 1 is 1.46 bits per heavy atom. The quantitative estimate of drug-likeness (QED) is 0.832. The zero-order valence-electron chi connectivity index (χ0n) is 14.2. The van der Waals surface area contributed by atoms with Gasteiger partial charge in [-0.05, 0) is 44.9 Å². The van der Waals surface area contributed by atoms with E-state index < -0.39 is 0 Å². The lowest BCUT2D eigenvalue weighted by molar-refractivity contribution is -0.121.